The van der Waals surface area contributed by atoms with Gasteiger partial charge in [0.15, 0.2) is 5.82 Å². The van der Waals surface area contributed by atoms with Gasteiger partial charge in [0.1, 0.15) is 5.78 Å². The average molecular weight is 193 g/mol. The van der Waals surface area contributed by atoms with Crippen LogP contribution in [-0.4, -0.2) is 28.7 Å². The van der Waals surface area contributed by atoms with Crippen molar-refractivity contribution in [2.24, 2.45) is 13.0 Å². The summed E-state index contributed by atoms with van der Waals surface area (Å²) in [5.74, 6) is 1.50. The van der Waals surface area contributed by atoms with Crippen LogP contribution in [0.3, 0.4) is 0 Å². The maximum Gasteiger partial charge on any atom is 0.150 e. The van der Waals surface area contributed by atoms with Crippen LogP contribution in [0.15, 0.2) is 12.3 Å². The lowest BCUT2D eigenvalue weighted by Crippen LogP contribution is -2.39. The number of carbonyl (C=O) groups excluding carboxylic acids is 1. The molecule has 1 aliphatic rings. The third-order valence-corrected chi connectivity index (χ3v) is 2.70. The molecule has 14 heavy (non-hydrogen) atoms. The van der Waals surface area contributed by atoms with Crippen molar-refractivity contribution >= 4 is 11.6 Å². The van der Waals surface area contributed by atoms with Crippen molar-refractivity contribution in [1.29, 1.82) is 0 Å². The van der Waals surface area contributed by atoms with Gasteiger partial charge in [-0.05, 0) is 0 Å². The largest absolute Gasteiger partial charge is 0.354 e. The van der Waals surface area contributed by atoms with E-state index in [1.165, 1.54) is 0 Å². The van der Waals surface area contributed by atoms with E-state index in [4.69, 9.17) is 0 Å². The molecule has 1 aromatic heterocycles. The van der Waals surface area contributed by atoms with Gasteiger partial charge in [0.25, 0.3) is 0 Å². The zero-order valence-electron chi connectivity index (χ0n) is 8.60. The Hall–Kier alpha value is -1.32. The number of piperidine rings is 1. The number of rotatable bonds is 1. The number of ketones is 1. The second-order valence-electron chi connectivity index (χ2n) is 3.91. The molecule has 2 heterocycles. The van der Waals surface area contributed by atoms with Gasteiger partial charge < -0.3 is 4.90 Å². The maximum absolute atomic E-state index is 11.3. The molecule has 4 heteroatoms. The lowest BCUT2D eigenvalue weighted by atomic mass is 9.99. The van der Waals surface area contributed by atoms with E-state index in [0.717, 1.165) is 18.9 Å². The molecule has 1 aromatic rings. The third-order valence-electron chi connectivity index (χ3n) is 2.70. The number of nitrogens with zero attached hydrogens (tertiary/aromatic N) is 3. The van der Waals surface area contributed by atoms with Crippen LogP contribution >= 0.6 is 0 Å². The summed E-state index contributed by atoms with van der Waals surface area (Å²) in [5.41, 5.74) is 0. The van der Waals surface area contributed by atoms with Crippen LogP contribution in [0.5, 0.6) is 0 Å². The van der Waals surface area contributed by atoms with E-state index in [-0.39, 0.29) is 5.92 Å². The van der Waals surface area contributed by atoms with Gasteiger partial charge in [-0.15, -0.1) is 0 Å². The molecule has 4 nitrogen and oxygen atoms in total. The molecule has 1 aliphatic heterocycles. The molecule has 0 aliphatic carbocycles. The molecule has 2 rings (SSSR count). The first-order valence-electron chi connectivity index (χ1n) is 4.94. The van der Waals surface area contributed by atoms with Crippen molar-refractivity contribution in [2.75, 3.05) is 18.0 Å². The second-order valence-corrected chi connectivity index (χ2v) is 3.91. The number of hydrogen-bond donors (Lipinski definition) is 0. The Morgan fingerprint density at radius 2 is 2.36 bits per heavy atom. The van der Waals surface area contributed by atoms with Crippen molar-refractivity contribution in [3.05, 3.63) is 12.3 Å². The molecule has 1 fully saturated rings. The Balaban J connectivity index is 2.10. The molecule has 0 N–H and O–H groups in total. The fourth-order valence-electron chi connectivity index (χ4n) is 1.79. The fourth-order valence-corrected chi connectivity index (χ4v) is 1.79. The molecule has 1 atom stereocenters. The van der Waals surface area contributed by atoms with Gasteiger partial charge in [0.05, 0.1) is 0 Å². The standard InChI is InChI=1S/C10H15N3O/c1-8-7-13(6-3-9(8)14)10-4-5-12(2)11-10/h4-5,8H,3,6-7H2,1-2H3. The highest BCUT2D eigenvalue weighted by Gasteiger charge is 2.24. The van der Waals surface area contributed by atoms with E-state index in [2.05, 4.69) is 10.00 Å². The van der Waals surface area contributed by atoms with E-state index >= 15 is 0 Å². The van der Waals surface area contributed by atoms with Gasteiger partial charge in [0.2, 0.25) is 0 Å². The summed E-state index contributed by atoms with van der Waals surface area (Å²) in [6.07, 6.45) is 2.58. The number of aromatic nitrogens is 2. The molecule has 0 aromatic carbocycles. The fraction of sp³-hybridized carbons (Fsp3) is 0.600. The van der Waals surface area contributed by atoms with Crippen molar-refractivity contribution in [2.45, 2.75) is 13.3 Å². The Morgan fingerprint density at radius 3 is 2.93 bits per heavy atom. The Kier molecular flexibility index (Phi) is 2.27. The maximum atomic E-state index is 11.3. The summed E-state index contributed by atoms with van der Waals surface area (Å²) in [6.45, 7) is 3.59. The minimum absolute atomic E-state index is 0.144. The summed E-state index contributed by atoms with van der Waals surface area (Å²) in [4.78, 5) is 13.5. The summed E-state index contributed by atoms with van der Waals surface area (Å²) < 4.78 is 1.79. The van der Waals surface area contributed by atoms with E-state index in [1.807, 2.05) is 26.2 Å². The molecule has 1 unspecified atom stereocenters. The van der Waals surface area contributed by atoms with E-state index in [0.29, 0.717) is 12.2 Å². The lowest BCUT2D eigenvalue weighted by Gasteiger charge is -2.29. The van der Waals surface area contributed by atoms with Crippen LogP contribution in [0, 0.1) is 5.92 Å². The smallest absolute Gasteiger partial charge is 0.150 e. The second kappa shape index (κ2) is 3.44. The Bertz CT molecular complexity index is 345. The highest BCUT2D eigenvalue weighted by Crippen LogP contribution is 2.18. The van der Waals surface area contributed by atoms with E-state index < -0.39 is 0 Å². The first kappa shape index (κ1) is 9.24. The van der Waals surface area contributed by atoms with Crippen molar-refractivity contribution in [1.82, 2.24) is 9.78 Å². The molecule has 0 spiro atoms. The molecule has 0 bridgehead atoms. The predicted octanol–water partition coefficient (Wildman–Crippen LogP) is 0.835. The third kappa shape index (κ3) is 1.64. The molecule has 0 saturated carbocycles. The number of aryl methyl sites for hydroxylation is 1. The van der Waals surface area contributed by atoms with Crippen LogP contribution in [0.1, 0.15) is 13.3 Å². The first-order valence-corrected chi connectivity index (χ1v) is 4.94. The van der Waals surface area contributed by atoms with Crippen LogP contribution in [0.4, 0.5) is 5.82 Å². The van der Waals surface area contributed by atoms with Gasteiger partial charge in [-0.25, -0.2) is 0 Å². The van der Waals surface area contributed by atoms with Gasteiger partial charge in [0, 0.05) is 44.7 Å². The van der Waals surface area contributed by atoms with Crippen LogP contribution in [0.2, 0.25) is 0 Å². The van der Waals surface area contributed by atoms with Gasteiger partial charge in [-0.1, -0.05) is 6.92 Å². The normalized spacial score (nSPS) is 22.9. The van der Waals surface area contributed by atoms with Gasteiger partial charge in [-0.3, -0.25) is 9.48 Å². The lowest BCUT2D eigenvalue weighted by molar-refractivity contribution is -0.122. The predicted molar refractivity (Wildman–Crippen MR) is 54.2 cm³/mol. The molecule has 0 radical (unpaired) electrons. The number of Topliss-reactive ketones (excluding diaryl/α,β-unsaturated/α-hetero) is 1. The van der Waals surface area contributed by atoms with Crippen molar-refractivity contribution < 1.29 is 4.79 Å². The van der Waals surface area contributed by atoms with Crippen LogP contribution < -0.4 is 4.90 Å². The monoisotopic (exact) mass is 193 g/mol. The number of carbonyl (C=O) groups is 1. The minimum Gasteiger partial charge on any atom is -0.354 e. The van der Waals surface area contributed by atoms with Crippen LogP contribution in [0.25, 0.3) is 0 Å². The minimum atomic E-state index is 0.144. The quantitative estimate of drug-likeness (QED) is 0.663. The van der Waals surface area contributed by atoms with E-state index in [9.17, 15) is 4.79 Å². The Labute approximate surface area is 83.5 Å². The molecule has 1 saturated heterocycles. The number of hydrogen-bond acceptors (Lipinski definition) is 3. The Morgan fingerprint density at radius 1 is 1.57 bits per heavy atom. The molecule has 76 valence electrons. The van der Waals surface area contributed by atoms with Crippen LogP contribution in [-0.2, 0) is 11.8 Å². The highest BCUT2D eigenvalue weighted by molar-refractivity contribution is 5.83. The number of anilines is 1. The summed E-state index contributed by atoms with van der Waals surface area (Å²) in [5, 5.41) is 4.33. The van der Waals surface area contributed by atoms with Gasteiger partial charge >= 0.3 is 0 Å². The van der Waals surface area contributed by atoms with Crippen molar-refractivity contribution in [3.8, 4) is 0 Å². The summed E-state index contributed by atoms with van der Waals surface area (Å²) in [7, 11) is 1.90. The zero-order valence-corrected chi connectivity index (χ0v) is 8.60. The average Bonchev–Trinajstić information content (AvgIpc) is 2.57. The van der Waals surface area contributed by atoms with E-state index in [1.54, 1.807) is 4.68 Å². The summed E-state index contributed by atoms with van der Waals surface area (Å²) >= 11 is 0. The van der Waals surface area contributed by atoms with Crippen molar-refractivity contribution in [3.63, 3.8) is 0 Å². The summed E-state index contributed by atoms with van der Waals surface area (Å²) in [6, 6.07) is 1.99. The molecular formula is C10H15N3O. The highest BCUT2D eigenvalue weighted by atomic mass is 16.1. The zero-order chi connectivity index (χ0) is 10.1. The SMILES string of the molecule is CC1CN(c2ccn(C)n2)CCC1=O. The van der Waals surface area contributed by atoms with Gasteiger partial charge in [-0.2, -0.15) is 5.10 Å². The first-order chi connectivity index (χ1) is 6.66. The molecular weight excluding hydrogens is 178 g/mol. The molecule has 0 amide bonds. The topological polar surface area (TPSA) is 38.1 Å².